The minimum absolute atomic E-state index is 0.00313. The van der Waals surface area contributed by atoms with Crippen LogP contribution in [0.25, 0.3) is 0 Å². The summed E-state index contributed by atoms with van der Waals surface area (Å²) in [6.45, 7) is 7.02. The van der Waals surface area contributed by atoms with Crippen LogP contribution in [0.5, 0.6) is 5.75 Å². The predicted molar refractivity (Wildman–Crippen MR) is 78.3 cm³/mol. The lowest BCUT2D eigenvalue weighted by molar-refractivity contribution is 0.276. The molecule has 1 heterocycles. The van der Waals surface area contributed by atoms with Crippen LogP contribution in [0.3, 0.4) is 0 Å². The molecular formula is C15H21FN4O. The van der Waals surface area contributed by atoms with E-state index in [2.05, 4.69) is 36.3 Å². The highest BCUT2D eigenvalue weighted by molar-refractivity contribution is 5.29. The van der Waals surface area contributed by atoms with E-state index in [0.717, 1.165) is 5.56 Å². The van der Waals surface area contributed by atoms with Gasteiger partial charge in [-0.2, -0.15) is 0 Å². The maximum atomic E-state index is 14.0. The van der Waals surface area contributed by atoms with Crippen LogP contribution in [0.1, 0.15) is 32.2 Å². The van der Waals surface area contributed by atoms with Gasteiger partial charge in [0.2, 0.25) is 0 Å². The van der Waals surface area contributed by atoms with Crippen molar-refractivity contribution in [1.82, 2.24) is 20.1 Å². The van der Waals surface area contributed by atoms with Crippen molar-refractivity contribution < 1.29 is 9.13 Å². The molecule has 2 rings (SSSR count). The molecule has 0 aliphatic heterocycles. The summed E-state index contributed by atoms with van der Waals surface area (Å²) < 4.78 is 21.2. The average molecular weight is 292 g/mol. The van der Waals surface area contributed by atoms with Gasteiger partial charge in [0, 0.05) is 19.1 Å². The maximum absolute atomic E-state index is 14.0. The summed E-state index contributed by atoms with van der Waals surface area (Å²) >= 11 is 0. The second-order valence-corrected chi connectivity index (χ2v) is 6.02. The van der Waals surface area contributed by atoms with Crippen molar-refractivity contribution in [3.05, 3.63) is 41.7 Å². The second-order valence-electron chi connectivity index (χ2n) is 6.02. The molecule has 0 radical (unpaired) electrons. The Bertz CT molecular complexity index is 604. The summed E-state index contributed by atoms with van der Waals surface area (Å²) in [5, 5.41) is 11.0. The van der Waals surface area contributed by atoms with Gasteiger partial charge in [-0.1, -0.05) is 6.07 Å². The van der Waals surface area contributed by atoms with Gasteiger partial charge in [-0.05, 0) is 38.5 Å². The van der Waals surface area contributed by atoms with E-state index in [-0.39, 0.29) is 23.7 Å². The fraction of sp³-hybridized carbons (Fsp3) is 0.467. The Morgan fingerprint density at radius 2 is 2.10 bits per heavy atom. The molecule has 0 fully saturated rings. The van der Waals surface area contributed by atoms with Crippen molar-refractivity contribution in [1.29, 1.82) is 0 Å². The summed E-state index contributed by atoms with van der Waals surface area (Å²) in [5.74, 6) is 0.496. The van der Waals surface area contributed by atoms with Gasteiger partial charge in [0.25, 0.3) is 0 Å². The molecule has 114 valence electrons. The van der Waals surface area contributed by atoms with Gasteiger partial charge in [0.05, 0.1) is 0 Å². The van der Waals surface area contributed by atoms with E-state index in [1.54, 1.807) is 17.0 Å². The van der Waals surface area contributed by atoms with E-state index < -0.39 is 0 Å². The van der Waals surface area contributed by atoms with E-state index in [4.69, 9.17) is 4.74 Å². The molecule has 0 bridgehead atoms. The van der Waals surface area contributed by atoms with Crippen LogP contribution in [0.2, 0.25) is 0 Å². The SMILES string of the molecule is Cn1cnnc1COc1ccc(CNC(C)(C)C)cc1F. The minimum Gasteiger partial charge on any atom is -0.483 e. The first-order valence-electron chi connectivity index (χ1n) is 6.84. The van der Waals surface area contributed by atoms with Crippen LogP contribution in [-0.4, -0.2) is 20.3 Å². The van der Waals surface area contributed by atoms with Gasteiger partial charge in [0.1, 0.15) is 12.9 Å². The topological polar surface area (TPSA) is 52.0 Å². The lowest BCUT2D eigenvalue weighted by Gasteiger charge is -2.20. The van der Waals surface area contributed by atoms with E-state index in [1.165, 1.54) is 6.07 Å². The zero-order chi connectivity index (χ0) is 15.5. The van der Waals surface area contributed by atoms with Crippen molar-refractivity contribution in [3.63, 3.8) is 0 Å². The molecular weight excluding hydrogens is 271 g/mol. The normalized spacial score (nSPS) is 11.7. The highest BCUT2D eigenvalue weighted by Gasteiger charge is 2.11. The maximum Gasteiger partial charge on any atom is 0.170 e. The van der Waals surface area contributed by atoms with E-state index in [1.807, 2.05) is 13.1 Å². The average Bonchev–Trinajstić information content (AvgIpc) is 2.80. The number of aryl methyl sites for hydroxylation is 1. The van der Waals surface area contributed by atoms with Crippen LogP contribution in [0.4, 0.5) is 4.39 Å². The molecule has 0 aliphatic rings. The van der Waals surface area contributed by atoms with Gasteiger partial charge < -0.3 is 14.6 Å². The van der Waals surface area contributed by atoms with Crippen LogP contribution >= 0.6 is 0 Å². The smallest absolute Gasteiger partial charge is 0.170 e. The first-order chi connectivity index (χ1) is 9.85. The molecule has 1 aromatic heterocycles. The van der Waals surface area contributed by atoms with Crippen molar-refractivity contribution in [3.8, 4) is 5.75 Å². The van der Waals surface area contributed by atoms with E-state index in [0.29, 0.717) is 12.4 Å². The summed E-state index contributed by atoms with van der Waals surface area (Å²) in [6.07, 6.45) is 1.58. The quantitative estimate of drug-likeness (QED) is 0.919. The third-order valence-electron chi connectivity index (χ3n) is 2.98. The van der Waals surface area contributed by atoms with Crippen molar-refractivity contribution in [2.75, 3.05) is 0 Å². The largest absolute Gasteiger partial charge is 0.483 e. The molecule has 6 heteroatoms. The number of nitrogens with zero attached hydrogens (tertiary/aromatic N) is 3. The molecule has 0 aliphatic carbocycles. The summed E-state index contributed by atoms with van der Waals surface area (Å²) in [5.41, 5.74) is 0.880. The van der Waals surface area contributed by atoms with Crippen LogP contribution in [-0.2, 0) is 20.2 Å². The summed E-state index contributed by atoms with van der Waals surface area (Å²) in [4.78, 5) is 0. The number of rotatable bonds is 5. The number of halogens is 1. The number of hydrogen-bond acceptors (Lipinski definition) is 4. The highest BCUT2D eigenvalue weighted by atomic mass is 19.1. The standard InChI is InChI=1S/C15H21FN4O/c1-15(2,3)17-8-11-5-6-13(12(16)7-11)21-9-14-19-18-10-20(14)4/h5-7,10,17H,8-9H2,1-4H3. The Kier molecular flexibility index (Phi) is 4.57. The highest BCUT2D eigenvalue weighted by Crippen LogP contribution is 2.19. The molecule has 0 unspecified atom stereocenters. The van der Waals surface area contributed by atoms with Crippen molar-refractivity contribution in [2.24, 2.45) is 7.05 Å². The number of benzene rings is 1. The number of aromatic nitrogens is 3. The third kappa shape index (κ3) is 4.53. The predicted octanol–water partition coefficient (Wildman–Crippen LogP) is 2.42. The molecule has 0 spiro atoms. The molecule has 1 aromatic carbocycles. The Labute approximate surface area is 124 Å². The van der Waals surface area contributed by atoms with Gasteiger partial charge in [0.15, 0.2) is 17.4 Å². The van der Waals surface area contributed by atoms with Gasteiger partial charge >= 0.3 is 0 Å². The minimum atomic E-state index is -0.370. The van der Waals surface area contributed by atoms with E-state index >= 15 is 0 Å². The molecule has 1 N–H and O–H groups in total. The molecule has 5 nitrogen and oxygen atoms in total. The Morgan fingerprint density at radius 1 is 1.33 bits per heavy atom. The molecule has 2 aromatic rings. The van der Waals surface area contributed by atoms with Crippen LogP contribution < -0.4 is 10.1 Å². The lowest BCUT2D eigenvalue weighted by atomic mass is 10.1. The number of nitrogens with one attached hydrogen (secondary N) is 1. The Morgan fingerprint density at radius 3 is 2.67 bits per heavy atom. The third-order valence-corrected chi connectivity index (χ3v) is 2.98. The van der Waals surface area contributed by atoms with Crippen molar-refractivity contribution in [2.45, 2.75) is 39.5 Å². The Hall–Kier alpha value is -1.95. The number of ether oxygens (including phenoxy) is 1. The number of hydrogen-bond donors (Lipinski definition) is 1. The zero-order valence-corrected chi connectivity index (χ0v) is 12.9. The van der Waals surface area contributed by atoms with Crippen LogP contribution in [0, 0.1) is 5.82 Å². The van der Waals surface area contributed by atoms with Crippen LogP contribution in [0.15, 0.2) is 24.5 Å². The van der Waals surface area contributed by atoms with E-state index in [9.17, 15) is 4.39 Å². The van der Waals surface area contributed by atoms with Gasteiger partial charge in [-0.3, -0.25) is 0 Å². The lowest BCUT2D eigenvalue weighted by Crippen LogP contribution is -2.35. The molecule has 21 heavy (non-hydrogen) atoms. The molecule has 0 amide bonds. The molecule has 0 atom stereocenters. The molecule has 0 saturated carbocycles. The first kappa shape index (κ1) is 15.4. The summed E-state index contributed by atoms with van der Waals surface area (Å²) in [7, 11) is 1.82. The molecule has 0 saturated heterocycles. The van der Waals surface area contributed by atoms with Crippen molar-refractivity contribution >= 4 is 0 Å². The second kappa shape index (κ2) is 6.22. The monoisotopic (exact) mass is 292 g/mol. The van der Waals surface area contributed by atoms with Gasteiger partial charge in [-0.15, -0.1) is 10.2 Å². The Balaban J connectivity index is 1.97. The first-order valence-corrected chi connectivity index (χ1v) is 6.84. The fourth-order valence-electron chi connectivity index (χ4n) is 1.72. The zero-order valence-electron chi connectivity index (χ0n) is 12.9. The summed E-state index contributed by atoms with van der Waals surface area (Å²) in [6, 6.07) is 4.99. The van der Waals surface area contributed by atoms with Gasteiger partial charge in [-0.25, -0.2) is 4.39 Å². The fourth-order valence-corrected chi connectivity index (χ4v) is 1.72.